The van der Waals surface area contributed by atoms with Crippen molar-refractivity contribution in [2.75, 3.05) is 6.61 Å². The van der Waals surface area contributed by atoms with Gasteiger partial charge in [-0.05, 0) is 13.3 Å². The van der Waals surface area contributed by atoms with Crippen molar-refractivity contribution in [3.63, 3.8) is 0 Å². The van der Waals surface area contributed by atoms with E-state index in [2.05, 4.69) is 16.9 Å². The number of fused-ring (bicyclic) bond motifs is 1. The Morgan fingerprint density at radius 1 is 0.576 bits per heavy atom. The van der Waals surface area contributed by atoms with Crippen LogP contribution < -0.4 is 4.74 Å². The van der Waals surface area contributed by atoms with Gasteiger partial charge in [0.05, 0.1) is 12.1 Å². The molecule has 3 nitrogen and oxygen atoms in total. The summed E-state index contributed by atoms with van der Waals surface area (Å²) in [5.74, 6) is 0.707. The molecule has 0 bridgehead atoms. The van der Waals surface area contributed by atoms with Gasteiger partial charge < -0.3 is 4.74 Å². The molecule has 33 heavy (non-hydrogen) atoms. The summed E-state index contributed by atoms with van der Waals surface area (Å²) in [6.07, 6.45) is 28.2. The summed E-state index contributed by atoms with van der Waals surface area (Å²) >= 11 is 1.64. The maximum Gasteiger partial charge on any atom is 0.235 e. The fourth-order valence-corrected chi connectivity index (χ4v) is 5.21. The van der Waals surface area contributed by atoms with Crippen LogP contribution >= 0.6 is 11.3 Å². The molecule has 0 radical (unpaired) electrons. The van der Waals surface area contributed by atoms with Gasteiger partial charge in [0, 0.05) is 10.8 Å². The second-order valence-electron chi connectivity index (χ2n) is 9.82. The fourth-order valence-electron chi connectivity index (χ4n) is 4.53. The van der Waals surface area contributed by atoms with E-state index in [1.54, 1.807) is 11.3 Å². The summed E-state index contributed by atoms with van der Waals surface area (Å²) in [6, 6.07) is 0. The lowest BCUT2D eigenvalue weighted by atomic mass is 10.0. The Kier molecular flexibility index (Phi) is 16.3. The number of hydrogen-bond acceptors (Lipinski definition) is 4. The van der Waals surface area contributed by atoms with Crippen LogP contribution in [0.5, 0.6) is 5.88 Å². The highest BCUT2D eigenvalue weighted by Crippen LogP contribution is 2.21. The summed E-state index contributed by atoms with van der Waals surface area (Å²) in [4.78, 5) is 9.15. The normalized spacial score (nSPS) is 11.5. The number of aryl methyl sites for hydroxylation is 1. The zero-order chi connectivity index (χ0) is 23.4. The Labute approximate surface area is 208 Å². The highest BCUT2D eigenvalue weighted by molar-refractivity contribution is 7.09. The van der Waals surface area contributed by atoms with Gasteiger partial charge >= 0.3 is 0 Å². The number of aromatic nitrogens is 2. The average Bonchev–Trinajstić information content (AvgIpc) is 3.27. The first kappa shape index (κ1) is 28.1. The van der Waals surface area contributed by atoms with Crippen molar-refractivity contribution in [1.82, 2.24) is 9.97 Å². The molecule has 0 aliphatic heterocycles. The van der Waals surface area contributed by atoms with Gasteiger partial charge in [0.25, 0.3) is 0 Å². The van der Waals surface area contributed by atoms with Gasteiger partial charge in [-0.15, -0.1) is 11.3 Å². The van der Waals surface area contributed by atoms with Crippen molar-refractivity contribution in [1.29, 1.82) is 0 Å². The molecule has 0 aliphatic carbocycles. The quantitative estimate of drug-likeness (QED) is 0.159. The van der Waals surface area contributed by atoms with Crippen molar-refractivity contribution < 1.29 is 4.74 Å². The van der Waals surface area contributed by atoms with Crippen LogP contribution in [0.25, 0.3) is 11.0 Å². The molecule has 4 heteroatoms. The Bertz CT molecular complexity index is 715. The van der Waals surface area contributed by atoms with Crippen LogP contribution in [0.1, 0.15) is 141 Å². The lowest BCUT2D eigenvalue weighted by molar-refractivity contribution is 0.291. The number of thiophene rings is 1. The van der Waals surface area contributed by atoms with E-state index >= 15 is 0 Å². The standard InChI is InChI=1S/C29H50N2OS/c1-3-4-5-6-7-8-9-10-11-12-13-14-15-16-17-18-19-20-21-22-23-32-29-26(2)30-27-24-33-25-28(27)31-29/h24-25H,3-23H2,1-2H3. The highest BCUT2D eigenvalue weighted by Gasteiger charge is 2.06. The minimum absolute atomic E-state index is 0.707. The third kappa shape index (κ3) is 13.3. The van der Waals surface area contributed by atoms with Gasteiger partial charge in [0.2, 0.25) is 5.88 Å². The van der Waals surface area contributed by atoms with Crippen molar-refractivity contribution in [2.45, 2.75) is 142 Å². The number of nitrogens with zero attached hydrogens (tertiary/aromatic N) is 2. The third-order valence-corrected chi connectivity index (χ3v) is 7.40. The van der Waals surface area contributed by atoms with Crippen molar-refractivity contribution in [3.05, 3.63) is 16.5 Å². The topological polar surface area (TPSA) is 35.0 Å². The first-order valence-electron chi connectivity index (χ1n) is 14.1. The predicted octanol–water partition coefficient (Wildman–Crippen LogP) is 10.2. The van der Waals surface area contributed by atoms with Gasteiger partial charge in [-0.1, -0.05) is 129 Å². The molecular weight excluding hydrogens is 424 g/mol. The molecule has 2 heterocycles. The minimum atomic E-state index is 0.707. The van der Waals surface area contributed by atoms with E-state index in [4.69, 9.17) is 4.74 Å². The predicted molar refractivity (Wildman–Crippen MR) is 146 cm³/mol. The molecular formula is C29H50N2OS. The number of hydrogen-bond donors (Lipinski definition) is 0. The maximum absolute atomic E-state index is 5.88. The number of unbranched alkanes of at least 4 members (excludes halogenated alkanes) is 19. The van der Waals surface area contributed by atoms with Gasteiger partial charge in [-0.25, -0.2) is 9.97 Å². The van der Waals surface area contributed by atoms with E-state index in [9.17, 15) is 0 Å². The van der Waals surface area contributed by atoms with Crippen LogP contribution in [0.4, 0.5) is 0 Å². The average molecular weight is 475 g/mol. The van der Waals surface area contributed by atoms with Gasteiger partial charge in [-0.2, -0.15) is 0 Å². The molecule has 2 aromatic rings. The van der Waals surface area contributed by atoms with Gasteiger partial charge in [0.15, 0.2) is 0 Å². The fraction of sp³-hybridized carbons (Fsp3) is 0.793. The summed E-state index contributed by atoms with van der Waals surface area (Å²) < 4.78 is 5.88. The van der Waals surface area contributed by atoms with Gasteiger partial charge in [-0.3, -0.25) is 0 Å². The molecule has 0 spiro atoms. The van der Waals surface area contributed by atoms with E-state index in [1.807, 2.05) is 17.7 Å². The van der Waals surface area contributed by atoms with Crippen LogP contribution in [-0.4, -0.2) is 16.6 Å². The Morgan fingerprint density at radius 3 is 1.42 bits per heavy atom. The summed E-state index contributed by atoms with van der Waals surface area (Å²) in [5, 5.41) is 4.07. The summed E-state index contributed by atoms with van der Waals surface area (Å²) in [7, 11) is 0. The molecule has 0 aromatic carbocycles. The molecule has 2 aromatic heterocycles. The zero-order valence-electron chi connectivity index (χ0n) is 21.7. The van der Waals surface area contributed by atoms with Crippen LogP contribution in [0.3, 0.4) is 0 Å². The molecule has 0 N–H and O–H groups in total. The Morgan fingerprint density at radius 2 is 0.970 bits per heavy atom. The van der Waals surface area contributed by atoms with Crippen LogP contribution in [0, 0.1) is 6.92 Å². The lowest BCUT2D eigenvalue weighted by Gasteiger charge is -2.07. The molecule has 0 fully saturated rings. The largest absolute Gasteiger partial charge is 0.476 e. The minimum Gasteiger partial charge on any atom is -0.476 e. The molecule has 188 valence electrons. The highest BCUT2D eigenvalue weighted by atomic mass is 32.1. The van der Waals surface area contributed by atoms with Crippen LogP contribution in [0.15, 0.2) is 10.8 Å². The number of ether oxygens (including phenoxy) is 1. The third-order valence-electron chi connectivity index (χ3n) is 6.68. The first-order chi connectivity index (χ1) is 16.3. The summed E-state index contributed by atoms with van der Waals surface area (Å²) in [5.41, 5.74) is 2.82. The van der Waals surface area contributed by atoms with E-state index in [0.717, 1.165) is 29.8 Å². The Balaban J connectivity index is 1.28. The van der Waals surface area contributed by atoms with Crippen molar-refractivity contribution in [3.8, 4) is 5.88 Å². The summed E-state index contributed by atoms with van der Waals surface area (Å²) in [6.45, 7) is 5.03. The van der Waals surface area contributed by atoms with Gasteiger partial charge in [0.1, 0.15) is 11.2 Å². The van der Waals surface area contributed by atoms with E-state index < -0.39 is 0 Å². The first-order valence-corrected chi connectivity index (χ1v) is 15.1. The zero-order valence-corrected chi connectivity index (χ0v) is 22.5. The lowest BCUT2D eigenvalue weighted by Crippen LogP contribution is -2.02. The van der Waals surface area contributed by atoms with E-state index in [-0.39, 0.29) is 0 Å². The van der Waals surface area contributed by atoms with Crippen molar-refractivity contribution in [2.24, 2.45) is 0 Å². The van der Waals surface area contributed by atoms with Crippen molar-refractivity contribution >= 4 is 22.4 Å². The molecule has 0 aliphatic rings. The van der Waals surface area contributed by atoms with Crippen LogP contribution in [-0.2, 0) is 0 Å². The molecule has 2 rings (SSSR count). The van der Waals surface area contributed by atoms with E-state index in [0.29, 0.717) is 5.88 Å². The molecule has 0 saturated carbocycles. The second-order valence-corrected chi connectivity index (χ2v) is 10.6. The smallest absolute Gasteiger partial charge is 0.235 e. The molecule has 0 atom stereocenters. The second kappa shape index (κ2) is 19.2. The SMILES string of the molecule is CCCCCCCCCCCCCCCCCCCCCCOc1nc2cscc2nc1C. The van der Waals surface area contributed by atoms with Crippen LogP contribution in [0.2, 0.25) is 0 Å². The molecule has 0 saturated heterocycles. The van der Waals surface area contributed by atoms with E-state index in [1.165, 1.54) is 122 Å². The Hall–Kier alpha value is -1.16. The number of rotatable bonds is 22. The monoisotopic (exact) mass is 474 g/mol. The molecule has 0 unspecified atom stereocenters. The maximum atomic E-state index is 5.88. The molecule has 0 amide bonds.